The molecule has 0 spiro atoms. The van der Waals surface area contributed by atoms with Crippen molar-refractivity contribution in [3.63, 3.8) is 0 Å². The van der Waals surface area contributed by atoms with Crippen molar-refractivity contribution in [3.8, 4) is 0 Å². The van der Waals surface area contributed by atoms with Crippen molar-refractivity contribution < 1.29 is 14.3 Å². The van der Waals surface area contributed by atoms with Crippen LogP contribution in [0.15, 0.2) is 66.7 Å². The van der Waals surface area contributed by atoms with E-state index in [4.69, 9.17) is 4.74 Å². The number of hydrogen-bond acceptors (Lipinski definition) is 3. The van der Waals surface area contributed by atoms with Crippen LogP contribution in [0.25, 0.3) is 10.8 Å². The summed E-state index contributed by atoms with van der Waals surface area (Å²) >= 11 is 0. The van der Waals surface area contributed by atoms with Gasteiger partial charge in [-0.25, -0.2) is 4.79 Å². The second kappa shape index (κ2) is 7.95. The Kier molecular flexibility index (Phi) is 5.21. The summed E-state index contributed by atoms with van der Waals surface area (Å²) in [6.45, 7) is 3.82. The van der Waals surface area contributed by atoms with E-state index in [9.17, 15) is 9.59 Å². The Labute approximate surface area is 170 Å². The average molecular weight is 388 g/mol. The van der Waals surface area contributed by atoms with Crippen LogP contribution in [0.1, 0.15) is 37.4 Å². The fourth-order valence-corrected chi connectivity index (χ4v) is 4.13. The standard InChI is InChI=1S/C24H24N2O3/c1-16-14-22(25-24(28)29-15-18-8-4-3-5-9-18)21-13-12-19-10-6-7-11-20(19)23(21)26(16)17(2)27/h3-13,16,22H,14-15H2,1-2H3,(H,25,28). The molecule has 1 N–H and O–H groups in total. The summed E-state index contributed by atoms with van der Waals surface area (Å²) in [5.41, 5.74) is 2.75. The fourth-order valence-electron chi connectivity index (χ4n) is 4.13. The van der Waals surface area contributed by atoms with E-state index in [2.05, 4.69) is 5.32 Å². The summed E-state index contributed by atoms with van der Waals surface area (Å²) < 4.78 is 5.41. The highest BCUT2D eigenvalue weighted by atomic mass is 16.5. The summed E-state index contributed by atoms with van der Waals surface area (Å²) in [5.74, 6) is 0.000192. The first kappa shape index (κ1) is 19.0. The van der Waals surface area contributed by atoms with Crippen LogP contribution in [-0.4, -0.2) is 18.0 Å². The molecule has 0 fully saturated rings. The molecule has 2 amide bonds. The molecule has 1 aliphatic heterocycles. The second-order valence-corrected chi connectivity index (χ2v) is 7.46. The number of nitrogens with one attached hydrogen (secondary N) is 1. The maximum Gasteiger partial charge on any atom is 0.407 e. The van der Waals surface area contributed by atoms with Gasteiger partial charge in [0.25, 0.3) is 0 Å². The normalized spacial score (nSPS) is 18.2. The minimum atomic E-state index is -0.457. The quantitative estimate of drug-likeness (QED) is 0.690. The molecule has 0 radical (unpaired) electrons. The third kappa shape index (κ3) is 3.81. The smallest absolute Gasteiger partial charge is 0.407 e. The first-order chi connectivity index (χ1) is 14.0. The first-order valence-corrected chi connectivity index (χ1v) is 9.83. The summed E-state index contributed by atoms with van der Waals surface area (Å²) in [6, 6.07) is 21.4. The lowest BCUT2D eigenvalue weighted by atomic mass is 9.89. The minimum absolute atomic E-state index is 0.000192. The Morgan fingerprint density at radius 1 is 1.03 bits per heavy atom. The van der Waals surface area contributed by atoms with Gasteiger partial charge >= 0.3 is 6.09 Å². The van der Waals surface area contributed by atoms with E-state index in [-0.39, 0.29) is 24.6 Å². The Bertz CT molecular complexity index is 1050. The molecule has 1 aliphatic rings. The van der Waals surface area contributed by atoms with Crippen molar-refractivity contribution in [2.24, 2.45) is 0 Å². The molecule has 3 aromatic carbocycles. The number of rotatable bonds is 3. The Balaban J connectivity index is 1.62. The van der Waals surface area contributed by atoms with E-state index in [1.165, 1.54) is 0 Å². The maximum atomic E-state index is 12.5. The molecule has 0 saturated carbocycles. The molecule has 0 bridgehead atoms. The summed E-state index contributed by atoms with van der Waals surface area (Å²) in [6.07, 6.45) is 0.173. The molecule has 29 heavy (non-hydrogen) atoms. The van der Waals surface area contributed by atoms with Crippen molar-refractivity contribution >= 4 is 28.5 Å². The monoisotopic (exact) mass is 388 g/mol. The van der Waals surface area contributed by atoms with Crippen molar-refractivity contribution in [2.45, 2.75) is 39.0 Å². The van der Waals surface area contributed by atoms with Gasteiger partial charge in [-0.1, -0.05) is 66.7 Å². The van der Waals surface area contributed by atoms with Gasteiger partial charge in [0.1, 0.15) is 6.61 Å². The van der Waals surface area contributed by atoms with Crippen LogP contribution in [0.4, 0.5) is 10.5 Å². The van der Waals surface area contributed by atoms with Crippen LogP contribution >= 0.6 is 0 Å². The SMILES string of the molecule is CC(=O)N1c2c(ccc3ccccc23)C(NC(=O)OCc2ccccc2)CC1C. The average Bonchev–Trinajstić information content (AvgIpc) is 2.72. The van der Waals surface area contributed by atoms with Gasteiger partial charge in [-0.15, -0.1) is 0 Å². The highest BCUT2D eigenvalue weighted by molar-refractivity contribution is 6.05. The van der Waals surface area contributed by atoms with Crippen molar-refractivity contribution in [1.82, 2.24) is 5.32 Å². The highest BCUT2D eigenvalue weighted by Crippen LogP contribution is 2.42. The number of nitrogens with zero attached hydrogens (tertiary/aromatic N) is 1. The Hall–Kier alpha value is -3.34. The molecule has 148 valence electrons. The van der Waals surface area contributed by atoms with Gasteiger partial charge in [0.05, 0.1) is 11.7 Å². The number of amides is 2. The number of ether oxygens (including phenoxy) is 1. The number of fused-ring (bicyclic) bond motifs is 3. The maximum absolute atomic E-state index is 12.5. The zero-order valence-corrected chi connectivity index (χ0v) is 16.6. The lowest BCUT2D eigenvalue weighted by molar-refractivity contribution is -0.117. The van der Waals surface area contributed by atoms with Gasteiger partial charge in [-0.05, 0) is 29.9 Å². The van der Waals surface area contributed by atoms with E-state index in [0.29, 0.717) is 6.42 Å². The number of carbonyl (C=O) groups excluding carboxylic acids is 2. The number of carbonyl (C=O) groups is 2. The van der Waals surface area contributed by atoms with Gasteiger partial charge in [-0.3, -0.25) is 4.79 Å². The summed E-state index contributed by atoms with van der Waals surface area (Å²) in [7, 11) is 0. The van der Waals surface area contributed by atoms with E-state index < -0.39 is 6.09 Å². The summed E-state index contributed by atoms with van der Waals surface area (Å²) in [4.78, 5) is 26.7. The van der Waals surface area contributed by atoms with Crippen LogP contribution in [0, 0.1) is 0 Å². The van der Waals surface area contributed by atoms with Crippen molar-refractivity contribution in [3.05, 3.63) is 77.9 Å². The minimum Gasteiger partial charge on any atom is -0.445 e. The molecular formula is C24H24N2O3. The van der Waals surface area contributed by atoms with Crippen LogP contribution in [0.2, 0.25) is 0 Å². The molecule has 4 rings (SSSR count). The van der Waals surface area contributed by atoms with Crippen molar-refractivity contribution in [2.75, 3.05) is 4.90 Å². The molecule has 0 aliphatic carbocycles. The van der Waals surface area contributed by atoms with Crippen LogP contribution < -0.4 is 10.2 Å². The molecule has 2 atom stereocenters. The number of benzene rings is 3. The molecule has 0 aromatic heterocycles. The van der Waals surface area contributed by atoms with Crippen LogP contribution in [0.3, 0.4) is 0 Å². The Morgan fingerprint density at radius 3 is 2.52 bits per heavy atom. The van der Waals surface area contributed by atoms with Crippen LogP contribution in [-0.2, 0) is 16.1 Å². The third-order valence-corrected chi connectivity index (χ3v) is 5.41. The van der Waals surface area contributed by atoms with Gasteiger partial charge in [0, 0.05) is 18.4 Å². The van der Waals surface area contributed by atoms with Gasteiger partial charge < -0.3 is 15.0 Å². The first-order valence-electron chi connectivity index (χ1n) is 9.83. The lowest BCUT2D eigenvalue weighted by Crippen LogP contribution is -2.45. The molecule has 5 heteroatoms. The van der Waals surface area contributed by atoms with Gasteiger partial charge in [0.15, 0.2) is 0 Å². The Morgan fingerprint density at radius 2 is 1.76 bits per heavy atom. The predicted molar refractivity (Wildman–Crippen MR) is 114 cm³/mol. The fraction of sp³-hybridized carbons (Fsp3) is 0.250. The largest absolute Gasteiger partial charge is 0.445 e. The second-order valence-electron chi connectivity index (χ2n) is 7.46. The topological polar surface area (TPSA) is 58.6 Å². The molecule has 0 saturated heterocycles. The van der Waals surface area contributed by atoms with E-state index in [0.717, 1.165) is 27.6 Å². The summed E-state index contributed by atoms with van der Waals surface area (Å²) in [5, 5.41) is 5.08. The van der Waals surface area contributed by atoms with E-state index in [1.54, 1.807) is 6.92 Å². The van der Waals surface area contributed by atoms with E-state index in [1.807, 2.05) is 78.6 Å². The molecule has 3 aromatic rings. The molecule has 5 nitrogen and oxygen atoms in total. The molecule has 1 heterocycles. The lowest BCUT2D eigenvalue weighted by Gasteiger charge is -2.39. The van der Waals surface area contributed by atoms with Gasteiger partial charge in [-0.2, -0.15) is 0 Å². The number of anilines is 1. The van der Waals surface area contributed by atoms with Gasteiger partial charge in [0.2, 0.25) is 5.91 Å². The van der Waals surface area contributed by atoms with Crippen LogP contribution in [0.5, 0.6) is 0 Å². The predicted octanol–water partition coefficient (Wildman–Crippen LogP) is 4.95. The van der Waals surface area contributed by atoms with Crippen molar-refractivity contribution in [1.29, 1.82) is 0 Å². The van der Waals surface area contributed by atoms with E-state index >= 15 is 0 Å². The molecular weight excluding hydrogens is 364 g/mol. The third-order valence-electron chi connectivity index (χ3n) is 5.41. The zero-order valence-electron chi connectivity index (χ0n) is 16.6. The zero-order chi connectivity index (χ0) is 20.4. The number of hydrogen-bond donors (Lipinski definition) is 1. The number of alkyl carbamates (subject to hydrolysis) is 1. The molecule has 2 unspecified atom stereocenters. The highest BCUT2D eigenvalue weighted by Gasteiger charge is 2.34.